The van der Waals surface area contributed by atoms with Gasteiger partial charge >= 0.3 is 6.18 Å². The van der Waals surface area contributed by atoms with Gasteiger partial charge in [0.2, 0.25) is 0 Å². The van der Waals surface area contributed by atoms with Crippen molar-refractivity contribution in [2.75, 3.05) is 5.32 Å². The molecule has 4 nitrogen and oxygen atoms in total. The Kier molecular flexibility index (Phi) is 3.94. The highest BCUT2D eigenvalue weighted by atomic mass is 19.4. The Morgan fingerprint density at radius 2 is 1.89 bits per heavy atom. The van der Waals surface area contributed by atoms with Gasteiger partial charge in [0.15, 0.2) is 0 Å². The molecule has 1 atom stereocenters. The Balaban J connectivity index is 1.67. The minimum absolute atomic E-state index is 0.234. The molecule has 1 saturated carbocycles. The van der Waals surface area contributed by atoms with Gasteiger partial charge in [-0.15, -0.1) is 0 Å². The lowest BCUT2D eigenvalue weighted by molar-refractivity contribution is -0.137. The van der Waals surface area contributed by atoms with Crippen LogP contribution in [0.4, 0.5) is 23.2 Å². The quantitative estimate of drug-likeness (QED) is 0.783. The van der Waals surface area contributed by atoms with Gasteiger partial charge in [-0.05, 0) is 49.1 Å². The van der Waals surface area contributed by atoms with Gasteiger partial charge in [0.05, 0.1) is 11.6 Å². The summed E-state index contributed by atoms with van der Waals surface area (Å²) in [5.74, 6) is -1.99. The van der Waals surface area contributed by atoms with E-state index in [9.17, 15) is 27.2 Å². The van der Waals surface area contributed by atoms with Crippen LogP contribution in [0.25, 0.3) is 0 Å². The van der Waals surface area contributed by atoms with Crippen molar-refractivity contribution in [2.45, 2.75) is 25.1 Å². The summed E-state index contributed by atoms with van der Waals surface area (Å²) in [5, 5.41) is 5.41. The van der Waals surface area contributed by atoms with E-state index >= 15 is 0 Å². The molecule has 1 aliphatic carbocycles. The predicted molar refractivity (Wildman–Crippen MR) is 88.7 cm³/mol. The van der Waals surface area contributed by atoms with Crippen LogP contribution in [0.3, 0.4) is 0 Å². The van der Waals surface area contributed by atoms with Crippen LogP contribution in [0.1, 0.15) is 50.7 Å². The molecule has 0 radical (unpaired) electrons. The lowest BCUT2D eigenvalue weighted by atomic mass is 9.99. The van der Waals surface area contributed by atoms with Crippen LogP contribution < -0.4 is 10.6 Å². The molecule has 0 aromatic heterocycles. The van der Waals surface area contributed by atoms with E-state index < -0.39 is 29.0 Å². The maximum atomic E-state index is 13.6. The predicted octanol–water partition coefficient (Wildman–Crippen LogP) is 4.29. The number of nitrogens with one attached hydrogen (secondary N) is 2. The Bertz CT molecular complexity index is 951. The second kappa shape index (κ2) is 6.07. The Labute approximate surface area is 151 Å². The number of carbonyl (C=O) groups excluding carboxylic acids is 2. The molecule has 0 spiro atoms. The topological polar surface area (TPSA) is 58.2 Å². The number of carbonyl (C=O) groups is 2. The van der Waals surface area contributed by atoms with Crippen molar-refractivity contribution in [1.29, 1.82) is 0 Å². The van der Waals surface area contributed by atoms with Crippen molar-refractivity contribution in [3.05, 3.63) is 64.5 Å². The minimum atomic E-state index is -4.77. The fourth-order valence-electron chi connectivity index (χ4n) is 3.36. The second-order valence-corrected chi connectivity index (χ2v) is 6.74. The molecular weight excluding hydrogens is 364 g/mol. The van der Waals surface area contributed by atoms with Crippen molar-refractivity contribution >= 4 is 17.5 Å². The van der Waals surface area contributed by atoms with Gasteiger partial charge < -0.3 is 10.6 Å². The van der Waals surface area contributed by atoms with Crippen molar-refractivity contribution in [1.82, 2.24) is 5.32 Å². The number of benzene rings is 2. The standard InChI is InChI=1S/C19H14F4N2O2/c20-12-7-10(6-11(8-12)19(21,22)23)17(26)24-14-3-1-2-13-15(14)16(9-4-5-9)25-18(13)27/h1-3,6-9,16H,4-5H2,(H,24,26)(H,25,27)/t16-/m1/s1. The molecule has 4 rings (SSSR count). The summed E-state index contributed by atoms with van der Waals surface area (Å²) in [7, 11) is 0. The monoisotopic (exact) mass is 378 g/mol. The van der Waals surface area contributed by atoms with Crippen LogP contribution in [0.2, 0.25) is 0 Å². The number of amides is 2. The molecule has 2 N–H and O–H groups in total. The van der Waals surface area contributed by atoms with E-state index in [-0.39, 0.29) is 17.9 Å². The summed E-state index contributed by atoms with van der Waals surface area (Å²) in [5.41, 5.74) is -0.282. The van der Waals surface area contributed by atoms with E-state index in [0.717, 1.165) is 18.9 Å². The zero-order chi connectivity index (χ0) is 19.3. The highest BCUT2D eigenvalue weighted by Crippen LogP contribution is 2.47. The zero-order valence-corrected chi connectivity index (χ0v) is 13.9. The van der Waals surface area contributed by atoms with Gasteiger partial charge in [-0.25, -0.2) is 4.39 Å². The van der Waals surface area contributed by atoms with E-state index in [1.165, 1.54) is 0 Å². The molecule has 0 bridgehead atoms. The first-order valence-corrected chi connectivity index (χ1v) is 8.37. The second-order valence-electron chi connectivity index (χ2n) is 6.74. The molecular formula is C19H14F4N2O2. The van der Waals surface area contributed by atoms with Gasteiger partial charge in [0, 0.05) is 22.4 Å². The van der Waals surface area contributed by atoms with E-state index in [1.54, 1.807) is 18.2 Å². The average Bonchev–Trinajstić information content (AvgIpc) is 3.38. The summed E-state index contributed by atoms with van der Waals surface area (Å²) in [6.45, 7) is 0. The third-order valence-corrected chi connectivity index (χ3v) is 4.78. The number of rotatable bonds is 3. The van der Waals surface area contributed by atoms with Gasteiger partial charge in [-0.3, -0.25) is 9.59 Å². The molecule has 2 aromatic rings. The fraction of sp³-hybridized carbons (Fsp3) is 0.263. The van der Waals surface area contributed by atoms with Crippen LogP contribution in [0.15, 0.2) is 36.4 Å². The van der Waals surface area contributed by atoms with Gasteiger partial charge in [-0.2, -0.15) is 13.2 Å². The number of alkyl halides is 3. The van der Waals surface area contributed by atoms with E-state index in [2.05, 4.69) is 10.6 Å². The zero-order valence-electron chi connectivity index (χ0n) is 13.9. The van der Waals surface area contributed by atoms with Crippen molar-refractivity contribution in [3.8, 4) is 0 Å². The molecule has 2 aromatic carbocycles. The average molecular weight is 378 g/mol. The van der Waals surface area contributed by atoms with Crippen molar-refractivity contribution < 1.29 is 27.2 Å². The van der Waals surface area contributed by atoms with Crippen LogP contribution in [0, 0.1) is 11.7 Å². The Morgan fingerprint density at radius 3 is 2.56 bits per heavy atom. The van der Waals surface area contributed by atoms with Crippen LogP contribution >= 0.6 is 0 Å². The van der Waals surface area contributed by atoms with Gasteiger partial charge in [0.25, 0.3) is 11.8 Å². The number of halogens is 4. The largest absolute Gasteiger partial charge is 0.416 e. The lowest BCUT2D eigenvalue weighted by Crippen LogP contribution is -2.21. The Hall–Kier alpha value is -2.90. The molecule has 0 unspecified atom stereocenters. The van der Waals surface area contributed by atoms with Crippen molar-refractivity contribution in [2.24, 2.45) is 5.92 Å². The normalized spacial score (nSPS) is 18.8. The summed E-state index contributed by atoms with van der Waals surface area (Å²) < 4.78 is 52.2. The summed E-state index contributed by atoms with van der Waals surface area (Å²) in [6.07, 6.45) is -2.87. The van der Waals surface area contributed by atoms with E-state index in [4.69, 9.17) is 0 Å². The number of anilines is 1. The van der Waals surface area contributed by atoms with Crippen LogP contribution in [-0.2, 0) is 6.18 Å². The first kappa shape index (κ1) is 17.5. The lowest BCUT2D eigenvalue weighted by Gasteiger charge is -2.16. The molecule has 2 aliphatic rings. The maximum Gasteiger partial charge on any atom is 0.416 e. The first-order valence-electron chi connectivity index (χ1n) is 8.37. The Morgan fingerprint density at radius 1 is 1.15 bits per heavy atom. The maximum absolute atomic E-state index is 13.6. The van der Waals surface area contributed by atoms with Crippen LogP contribution in [-0.4, -0.2) is 11.8 Å². The smallest absolute Gasteiger partial charge is 0.345 e. The fourth-order valence-corrected chi connectivity index (χ4v) is 3.36. The minimum Gasteiger partial charge on any atom is -0.345 e. The number of hydrogen-bond donors (Lipinski definition) is 2. The SMILES string of the molecule is O=C(Nc1cccc2c1[C@@H](C1CC1)NC2=O)c1cc(F)cc(C(F)(F)F)c1. The molecule has 140 valence electrons. The van der Waals surface area contributed by atoms with Crippen molar-refractivity contribution in [3.63, 3.8) is 0 Å². The van der Waals surface area contributed by atoms with Gasteiger partial charge in [-0.1, -0.05) is 6.07 Å². The van der Waals surface area contributed by atoms with Gasteiger partial charge in [0.1, 0.15) is 5.82 Å². The molecule has 1 heterocycles. The molecule has 1 fully saturated rings. The molecule has 2 amide bonds. The number of fused-ring (bicyclic) bond motifs is 1. The van der Waals surface area contributed by atoms with Crippen LogP contribution in [0.5, 0.6) is 0 Å². The molecule has 27 heavy (non-hydrogen) atoms. The summed E-state index contributed by atoms with van der Waals surface area (Å²) >= 11 is 0. The highest BCUT2D eigenvalue weighted by molar-refractivity contribution is 6.07. The third-order valence-electron chi connectivity index (χ3n) is 4.78. The molecule has 1 aliphatic heterocycles. The molecule has 8 heteroatoms. The molecule has 0 saturated heterocycles. The van der Waals surface area contributed by atoms with E-state index in [1.807, 2.05) is 0 Å². The number of hydrogen-bond acceptors (Lipinski definition) is 2. The third kappa shape index (κ3) is 3.27. The first-order chi connectivity index (χ1) is 12.7. The highest BCUT2D eigenvalue weighted by Gasteiger charge is 2.41. The summed E-state index contributed by atoms with van der Waals surface area (Å²) in [4.78, 5) is 24.6. The van der Waals surface area contributed by atoms with E-state index in [0.29, 0.717) is 28.9 Å². The summed E-state index contributed by atoms with van der Waals surface area (Å²) in [6, 6.07) is 6.24.